The minimum absolute atomic E-state index is 0.219. The van der Waals surface area contributed by atoms with Gasteiger partial charge in [0.25, 0.3) is 10.0 Å². The Morgan fingerprint density at radius 3 is 2.14 bits per heavy atom. The number of anilines is 1. The van der Waals surface area contributed by atoms with E-state index in [0.717, 1.165) is 37.1 Å². The molecule has 0 radical (unpaired) electrons. The third-order valence-electron chi connectivity index (χ3n) is 5.16. The van der Waals surface area contributed by atoms with E-state index in [1.54, 1.807) is 36.4 Å². The summed E-state index contributed by atoms with van der Waals surface area (Å²) >= 11 is 0. The van der Waals surface area contributed by atoms with E-state index in [2.05, 4.69) is 10.0 Å². The molecule has 0 amide bonds. The van der Waals surface area contributed by atoms with Gasteiger partial charge in [0.2, 0.25) is 0 Å². The first-order valence-electron chi connectivity index (χ1n) is 9.68. The summed E-state index contributed by atoms with van der Waals surface area (Å²) in [6.07, 6.45) is 2.47. The van der Waals surface area contributed by atoms with Gasteiger partial charge in [0.15, 0.2) is 0 Å². The molecular weight excluding hydrogens is 387 g/mol. The maximum atomic E-state index is 13.0. The topological polar surface area (TPSA) is 58.2 Å². The second kappa shape index (κ2) is 8.35. The number of hydrogen-bond donors (Lipinski definition) is 2. The maximum Gasteiger partial charge on any atom is 0.261 e. The van der Waals surface area contributed by atoms with Crippen molar-refractivity contribution in [2.75, 3.05) is 17.8 Å². The quantitative estimate of drug-likeness (QED) is 0.671. The normalized spacial score (nSPS) is 14.1. The summed E-state index contributed by atoms with van der Waals surface area (Å²) in [5, 5.41) is 3.36. The summed E-state index contributed by atoms with van der Waals surface area (Å²) in [4.78, 5) is 0.219. The van der Waals surface area contributed by atoms with E-state index in [1.165, 1.54) is 23.3 Å². The van der Waals surface area contributed by atoms with E-state index >= 15 is 0 Å². The fourth-order valence-electron chi connectivity index (χ4n) is 3.58. The molecule has 3 aromatic rings. The van der Waals surface area contributed by atoms with Gasteiger partial charge in [0, 0.05) is 5.69 Å². The van der Waals surface area contributed by atoms with Gasteiger partial charge in [-0.1, -0.05) is 30.3 Å². The Kier molecular flexibility index (Phi) is 5.65. The first-order chi connectivity index (χ1) is 14.0. The van der Waals surface area contributed by atoms with Gasteiger partial charge in [-0.2, -0.15) is 0 Å². The van der Waals surface area contributed by atoms with Crippen molar-refractivity contribution in [2.24, 2.45) is 0 Å². The fraction of sp³-hybridized carbons (Fsp3) is 0.217. The Bertz CT molecular complexity index is 1090. The van der Waals surface area contributed by atoms with Crippen LogP contribution in [-0.2, 0) is 29.3 Å². The molecule has 0 fully saturated rings. The lowest BCUT2D eigenvalue weighted by Crippen LogP contribution is -2.16. The monoisotopic (exact) mass is 410 g/mol. The average molecular weight is 411 g/mol. The van der Waals surface area contributed by atoms with Gasteiger partial charge in [-0.25, -0.2) is 12.8 Å². The van der Waals surface area contributed by atoms with Crippen molar-refractivity contribution in [1.82, 2.24) is 5.32 Å². The second-order valence-corrected chi connectivity index (χ2v) is 8.97. The minimum atomic E-state index is -3.66. The van der Waals surface area contributed by atoms with Crippen molar-refractivity contribution < 1.29 is 12.8 Å². The number of nitrogens with one attached hydrogen (secondary N) is 2. The zero-order valence-corrected chi connectivity index (χ0v) is 16.8. The summed E-state index contributed by atoms with van der Waals surface area (Å²) < 4.78 is 41.3. The van der Waals surface area contributed by atoms with Crippen LogP contribution < -0.4 is 10.0 Å². The zero-order valence-electron chi connectivity index (χ0n) is 16.0. The molecule has 29 heavy (non-hydrogen) atoms. The molecule has 0 aromatic heterocycles. The zero-order chi connectivity index (χ0) is 20.3. The lowest BCUT2D eigenvalue weighted by Gasteiger charge is -2.12. The first kappa shape index (κ1) is 19.6. The molecule has 2 N–H and O–H groups in total. The van der Waals surface area contributed by atoms with E-state index in [9.17, 15) is 12.8 Å². The molecule has 3 aromatic carbocycles. The van der Waals surface area contributed by atoms with E-state index in [4.69, 9.17) is 0 Å². The second-order valence-electron chi connectivity index (χ2n) is 7.29. The van der Waals surface area contributed by atoms with Crippen LogP contribution in [0.1, 0.15) is 22.3 Å². The van der Waals surface area contributed by atoms with Crippen LogP contribution in [0.2, 0.25) is 0 Å². The molecule has 0 aliphatic carbocycles. The van der Waals surface area contributed by atoms with Gasteiger partial charge < -0.3 is 5.32 Å². The van der Waals surface area contributed by atoms with Crippen LogP contribution in [0.25, 0.3) is 0 Å². The number of hydrogen-bond acceptors (Lipinski definition) is 3. The van der Waals surface area contributed by atoms with Crippen molar-refractivity contribution in [2.45, 2.75) is 24.2 Å². The van der Waals surface area contributed by atoms with Crippen LogP contribution in [0.15, 0.2) is 71.6 Å². The van der Waals surface area contributed by atoms with Crippen LogP contribution >= 0.6 is 0 Å². The Balaban J connectivity index is 1.48. The van der Waals surface area contributed by atoms with Crippen molar-refractivity contribution in [3.63, 3.8) is 0 Å². The van der Waals surface area contributed by atoms with Crippen LogP contribution in [0.3, 0.4) is 0 Å². The fourth-order valence-corrected chi connectivity index (χ4v) is 4.63. The van der Waals surface area contributed by atoms with Crippen LogP contribution in [0, 0.1) is 5.82 Å². The van der Waals surface area contributed by atoms with Crippen LogP contribution in [0.4, 0.5) is 10.1 Å². The van der Waals surface area contributed by atoms with Gasteiger partial charge in [0.1, 0.15) is 5.82 Å². The third kappa shape index (κ3) is 4.83. The molecule has 0 spiro atoms. The van der Waals surface area contributed by atoms with Crippen molar-refractivity contribution in [3.05, 3.63) is 94.8 Å². The van der Waals surface area contributed by atoms with Gasteiger partial charge in [-0.3, -0.25) is 4.72 Å². The van der Waals surface area contributed by atoms with Gasteiger partial charge in [-0.05, 0) is 91.0 Å². The van der Waals surface area contributed by atoms with Gasteiger partial charge >= 0.3 is 0 Å². The molecule has 1 aliphatic heterocycles. The molecule has 4 nitrogen and oxygen atoms in total. The van der Waals surface area contributed by atoms with Crippen molar-refractivity contribution in [1.29, 1.82) is 0 Å². The molecule has 150 valence electrons. The highest BCUT2D eigenvalue weighted by Crippen LogP contribution is 2.22. The Labute approximate surface area is 170 Å². The average Bonchev–Trinajstić information content (AvgIpc) is 2.95. The summed E-state index contributed by atoms with van der Waals surface area (Å²) in [6.45, 7) is 1.85. The highest BCUT2D eigenvalue weighted by atomic mass is 32.2. The smallest absolute Gasteiger partial charge is 0.261 e. The van der Waals surface area contributed by atoms with E-state index in [-0.39, 0.29) is 10.7 Å². The largest absolute Gasteiger partial charge is 0.316 e. The number of benzene rings is 3. The summed E-state index contributed by atoms with van der Waals surface area (Å²) in [6, 6.07) is 18.9. The lowest BCUT2D eigenvalue weighted by molar-refractivity contribution is 0.601. The lowest BCUT2D eigenvalue weighted by atomic mass is 10.0. The minimum Gasteiger partial charge on any atom is -0.316 e. The predicted octanol–water partition coefficient (Wildman–Crippen LogP) is 3.91. The first-order valence-corrected chi connectivity index (χ1v) is 11.2. The van der Waals surface area contributed by atoms with E-state index in [1.807, 2.05) is 18.2 Å². The molecule has 4 rings (SSSR count). The number of fused-ring (bicyclic) bond motifs is 1. The van der Waals surface area contributed by atoms with Gasteiger partial charge in [-0.15, -0.1) is 0 Å². The van der Waals surface area contributed by atoms with Crippen molar-refractivity contribution >= 4 is 15.7 Å². The molecule has 1 aliphatic rings. The van der Waals surface area contributed by atoms with Crippen molar-refractivity contribution in [3.8, 4) is 0 Å². The molecule has 0 unspecified atom stereocenters. The Morgan fingerprint density at radius 1 is 0.828 bits per heavy atom. The molecule has 6 heteroatoms. The molecule has 0 saturated heterocycles. The summed E-state index contributed by atoms with van der Waals surface area (Å²) in [5.41, 5.74) is 4.97. The molecular formula is C23H23FN2O2S. The highest BCUT2D eigenvalue weighted by Gasteiger charge is 2.16. The highest BCUT2D eigenvalue weighted by molar-refractivity contribution is 7.92. The number of halogens is 1. The molecule has 0 atom stereocenters. The maximum absolute atomic E-state index is 13.0. The van der Waals surface area contributed by atoms with E-state index < -0.39 is 10.0 Å². The predicted molar refractivity (Wildman–Crippen MR) is 113 cm³/mol. The van der Waals surface area contributed by atoms with Crippen LogP contribution in [-0.4, -0.2) is 21.5 Å². The third-order valence-corrected chi connectivity index (χ3v) is 6.55. The Morgan fingerprint density at radius 2 is 1.45 bits per heavy atom. The SMILES string of the molecule is O=S(=O)(Nc1ccc2c(c1)CCNCC2)c1ccc(Cc2ccc(F)cc2)cc1. The molecule has 1 heterocycles. The molecule has 0 saturated carbocycles. The Hall–Kier alpha value is -2.70. The van der Waals surface area contributed by atoms with Gasteiger partial charge in [0.05, 0.1) is 4.90 Å². The summed E-state index contributed by atoms with van der Waals surface area (Å²) in [7, 11) is -3.66. The number of rotatable bonds is 5. The summed E-state index contributed by atoms with van der Waals surface area (Å²) in [5.74, 6) is -0.268. The standard InChI is InChI=1S/C23H23FN2O2S/c24-21-6-1-17(2-7-21)15-18-3-9-23(10-4-18)29(27,28)26-22-8-5-19-11-13-25-14-12-20(19)16-22/h1-10,16,25-26H,11-15H2. The number of sulfonamides is 1. The van der Waals surface area contributed by atoms with Crippen LogP contribution in [0.5, 0.6) is 0 Å². The molecule has 0 bridgehead atoms. The van der Waals surface area contributed by atoms with E-state index in [0.29, 0.717) is 12.1 Å².